The van der Waals surface area contributed by atoms with E-state index in [4.69, 9.17) is 14.6 Å². The lowest BCUT2D eigenvalue weighted by Crippen LogP contribution is -2.28. The molecule has 0 fully saturated rings. The van der Waals surface area contributed by atoms with Gasteiger partial charge in [-0.1, -0.05) is 0 Å². The molecule has 0 saturated carbocycles. The summed E-state index contributed by atoms with van der Waals surface area (Å²) in [5.74, 6) is -0.514. The lowest BCUT2D eigenvalue weighted by molar-refractivity contribution is -0.132. The minimum atomic E-state index is -0.960. The Morgan fingerprint density at radius 1 is 1.62 bits per heavy atom. The first-order chi connectivity index (χ1) is 6.23. The van der Waals surface area contributed by atoms with Crippen molar-refractivity contribution in [1.29, 1.82) is 0 Å². The van der Waals surface area contributed by atoms with Crippen LogP contribution in [0.5, 0.6) is 0 Å². The zero-order valence-corrected chi connectivity index (χ0v) is 6.61. The molecule has 0 aliphatic carbocycles. The van der Waals surface area contributed by atoms with Gasteiger partial charge in [0.2, 0.25) is 0 Å². The summed E-state index contributed by atoms with van der Waals surface area (Å²) in [5.41, 5.74) is 0.251. The molecule has 0 radical (unpaired) electrons. The summed E-state index contributed by atoms with van der Waals surface area (Å²) in [6, 6.07) is 0. The van der Waals surface area contributed by atoms with Crippen LogP contribution in [0.25, 0.3) is 0 Å². The molecule has 1 unspecified atom stereocenters. The van der Waals surface area contributed by atoms with E-state index in [1.807, 2.05) is 6.08 Å². The van der Waals surface area contributed by atoms with Crippen LogP contribution < -0.4 is 0 Å². The fraction of sp³-hybridized carbons (Fsp3) is 0.222. The highest BCUT2D eigenvalue weighted by molar-refractivity contribution is 5.96. The lowest BCUT2D eigenvalue weighted by atomic mass is 9.89. The van der Waals surface area contributed by atoms with Crippen molar-refractivity contribution in [3.63, 3.8) is 0 Å². The second kappa shape index (κ2) is 1.79. The van der Waals surface area contributed by atoms with Crippen molar-refractivity contribution in [3.8, 4) is 0 Å². The summed E-state index contributed by atoms with van der Waals surface area (Å²) >= 11 is 0. The first-order valence-electron chi connectivity index (χ1n) is 3.91. The van der Waals surface area contributed by atoms with E-state index in [9.17, 15) is 4.79 Å². The Morgan fingerprint density at radius 3 is 3.23 bits per heavy atom. The predicted octanol–water partition coefficient (Wildman–Crippen LogP) is 0.578. The highest BCUT2D eigenvalue weighted by Gasteiger charge is 2.52. The highest BCUT2D eigenvalue weighted by atomic mass is 16.6. The molecular weight excluding hydrogens is 172 g/mol. The quantitative estimate of drug-likeness (QED) is 0.638. The molecule has 1 spiro atoms. The van der Waals surface area contributed by atoms with Gasteiger partial charge in [0.25, 0.3) is 0 Å². The molecule has 3 heterocycles. The average molecular weight is 178 g/mol. The van der Waals surface area contributed by atoms with Gasteiger partial charge in [-0.2, -0.15) is 0 Å². The number of carbonyl (C=O) groups is 1. The Bertz CT molecular complexity index is 402. The average Bonchev–Trinajstić information content (AvgIpc) is 2.67. The van der Waals surface area contributed by atoms with Crippen LogP contribution in [0.1, 0.15) is 0 Å². The van der Waals surface area contributed by atoms with Crippen LogP contribution in [0.2, 0.25) is 0 Å². The standard InChI is InChI=1S/C9H6O4/c10-8(11)7-5-3-12-4-9(5)2-1-6(7)13-9/h1-3H,4H2,(H,10,11). The first-order valence-corrected chi connectivity index (χ1v) is 3.91. The van der Waals surface area contributed by atoms with Crippen LogP contribution in [0.15, 0.2) is 35.3 Å². The number of carboxylic acids is 1. The fourth-order valence-corrected chi connectivity index (χ4v) is 1.88. The van der Waals surface area contributed by atoms with Gasteiger partial charge < -0.3 is 14.6 Å². The van der Waals surface area contributed by atoms with E-state index in [1.54, 1.807) is 6.08 Å². The molecule has 1 atom stereocenters. The van der Waals surface area contributed by atoms with Crippen LogP contribution in [0.3, 0.4) is 0 Å². The van der Waals surface area contributed by atoms with E-state index in [0.29, 0.717) is 17.9 Å². The lowest BCUT2D eigenvalue weighted by Gasteiger charge is -2.16. The molecule has 0 aromatic heterocycles. The van der Waals surface area contributed by atoms with E-state index < -0.39 is 11.6 Å². The second-order valence-corrected chi connectivity index (χ2v) is 3.21. The van der Waals surface area contributed by atoms with Gasteiger partial charge in [-0.15, -0.1) is 0 Å². The Hall–Kier alpha value is -1.71. The maximum Gasteiger partial charge on any atom is 0.340 e. The third-order valence-corrected chi connectivity index (χ3v) is 2.48. The Balaban J connectivity index is 2.23. The van der Waals surface area contributed by atoms with E-state index in [1.165, 1.54) is 6.26 Å². The summed E-state index contributed by atoms with van der Waals surface area (Å²) in [7, 11) is 0. The van der Waals surface area contributed by atoms with Gasteiger partial charge in [0.05, 0.1) is 11.8 Å². The number of ether oxygens (including phenoxy) is 2. The van der Waals surface area contributed by atoms with Crippen molar-refractivity contribution in [2.24, 2.45) is 0 Å². The summed E-state index contributed by atoms with van der Waals surface area (Å²) in [6.07, 6.45) is 5.00. The number of hydrogen-bond acceptors (Lipinski definition) is 3. The number of carboxylic acid groups (broad SMARTS) is 1. The predicted molar refractivity (Wildman–Crippen MR) is 41.7 cm³/mol. The SMILES string of the molecule is O=C(O)C1=C2C=CC3(COC=C13)O2. The number of hydrogen-bond donors (Lipinski definition) is 1. The largest absolute Gasteiger partial charge is 0.496 e. The van der Waals surface area contributed by atoms with Gasteiger partial charge in [0.1, 0.15) is 17.9 Å². The summed E-state index contributed by atoms with van der Waals surface area (Å²) in [4.78, 5) is 10.9. The van der Waals surface area contributed by atoms with Crippen LogP contribution in [0.4, 0.5) is 0 Å². The van der Waals surface area contributed by atoms with E-state index >= 15 is 0 Å². The van der Waals surface area contributed by atoms with Crippen molar-refractivity contribution in [3.05, 3.63) is 35.3 Å². The maximum atomic E-state index is 10.9. The van der Waals surface area contributed by atoms with Gasteiger partial charge in [-0.25, -0.2) is 4.79 Å². The maximum absolute atomic E-state index is 10.9. The van der Waals surface area contributed by atoms with Crippen LogP contribution in [-0.4, -0.2) is 23.3 Å². The van der Waals surface area contributed by atoms with Gasteiger partial charge in [-0.3, -0.25) is 0 Å². The monoisotopic (exact) mass is 178 g/mol. The van der Waals surface area contributed by atoms with Gasteiger partial charge in [0.15, 0.2) is 5.60 Å². The van der Waals surface area contributed by atoms with Crippen molar-refractivity contribution in [2.45, 2.75) is 5.60 Å². The van der Waals surface area contributed by atoms with Crippen molar-refractivity contribution < 1.29 is 19.4 Å². The fourth-order valence-electron chi connectivity index (χ4n) is 1.88. The number of fused-ring (bicyclic) bond motifs is 1. The van der Waals surface area contributed by atoms with Crippen LogP contribution in [-0.2, 0) is 14.3 Å². The Kier molecular flexibility index (Phi) is 0.931. The number of rotatable bonds is 1. The molecule has 13 heavy (non-hydrogen) atoms. The normalized spacial score (nSPS) is 32.8. The topological polar surface area (TPSA) is 55.8 Å². The van der Waals surface area contributed by atoms with Crippen molar-refractivity contribution in [2.75, 3.05) is 6.61 Å². The molecule has 0 aromatic carbocycles. The van der Waals surface area contributed by atoms with Crippen molar-refractivity contribution in [1.82, 2.24) is 0 Å². The van der Waals surface area contributed by atoms with E-state index in [-0.39, 0.29) is 5.57 Å². The highest BCUT2D eigenvalue weighted by Crippen LogP contribution is 2.48. The number of aliphatic carboxylic acids is 1. The summed E-state index contributed by atoms with van der Waals surface area (Å²) in [5, 5.41) is 8.91. The molecule has 66 valence electrons. The summed E-state index contributed by atoms with van der Waals surface area (Å²) < 4.78 is 10.5. The molecule has 2 bridgehead atoms. The van der Waals surface area contributed by atoms with Crippen LogP contribution >= 0.6 is 0 Å². The molecule has 3 aliphatic rings. The van der Waals surface area contributed by atoms with Gasteiger partial charge >= 0.3 is 5.97 Å². The number of allylic oxidation sites excluding steroid dienone is 1. The second-order valence-electron chi connectivity index (χ2n) is 3.21. The van der Waals surface area contributed by atoms with Gasteiger partial charge in [-0.05, 0) is 12.2 Å². The van der Waals surface area contributed by atoms with E-state index in [0.717, 1.165) is 0 Å². The summed E-state index contributed by atoms with van der Waals surface area (Å²) in [6.45, 7) is 0.374. The molecule has 0 amide bonds. The van der Waals surface area contributed by atoms with Gasteiger partial charge in [0, 0.05) is 0 Å². The third kappa shape index (κ3) is 0.601. The smallest absolute Gasteiger partial charge is 0.340 e. The van der Waals surface area contributed by atoms with E-state index in [2.05, 4.69) is 0 Å². The molecule has 4 heteroatoms. The van der Waals surface area contributed by atoms with Crippen LogP contribution in [0, 0.1) is 0 Å². The zero-order chi connectivity index (χ0) is 9.05. The molecule has 1 N–H and O–H groups in total. The minimum Gasteiger partial charge on any atom is -0.496 e. The Labute approximate surface area is 73.8 Å². The molecule has 3 rings (SSSR count). The molecule has 4 nitrogen and oxygen atoms in total. The molecular formula is C9H6O4. The first kappa shape index (κ1) is 6.77. The third-order valence-electron chi connectivity index (χ3n) is 2.48. The Morgan fingerprint density at radius 2 is 2.46 bits per heavy atom. The zero-order valence-electron chi connectivity index (χ0n) is 6.61. The molecule has 0 aromatic rings. The van der Waals surface area contributed by atoms with Crippen molar-refractivity contribution >= 4 is 5.97 Å². The molecule has 3 aliphatic heterocycles. The minimum absolute atomic E-state index is 0.236. The molecule has 0 saturated heterocycles.